The number of rotatable bonds is 3. The molecule has 0 unspecified atom stereocenters. The number of amides is 1. The fraction of sp³-hybridized carbons (Fsp3) is 0.100. The number of carbonyl (C=O) groups is 1. The summed E-state index contributed by atoms with van der Waals surface area (Å²) in [5, 5.41) is 8.55. The lowest BCUT2D eigenvalue weighted by Gasteiger charge is -2.02. The minimum atomic E-state index is -0.516. The van der Waals surface area contributed by atoms with Crippen LogP contribution in [0.25, 0.3) is 0 Å². The van der Waals surface area contributed by atoms with Crippen LogP contribution in [0.15, 0.2) is 22.7 Å². The van der Waals surface area contributed by atoms with Crippen LogP contribution in [0.1, 0.15) is 10.4 Å². The first-order chi connectivity index (χ1) is 8.60. The summed E-state index contributed by atoms with van der Waals surface area (Å²) < 4.78 is 18.3. The molecule has 2 rings (SSSR count). The van der Waals surface area contributed by atoms with Crippen molar-refractivity contribution in [3.8, 4) is 6.01 Å². The third kappa shape index (κ3) is 2.65. The maximum atomic E-state index is 13.3. The lowest BCUT2D eigenvalue weighted by Crippen LogP contribution is -2.13. The zero-order chi connectivity index (χ0) is 13.1. The Hall–Kier alpha value is -1.96. The third-order valence-electron chi connectivity index (χ3n) is 2.06. The van der Waals surface area contributed by atoms with Crippen LogP contribution < -0.4 is 10.1 Å². The molecular weight excluding hydrogens is 307 g/mol. The number of aromatic nitrogens is 3. The Balaban J connectivity index is 2.14. The van der Waals surface area contributed by atoms with Gasteiger partial charge in [0, 0.05) is 5.56 Å². The molecule has 2 aromatic rings. The van der Waals surface area contributed by atoms with Gasteiger partial charge in [0.25, 0.3) is 5.91 Å². The molecule has 0 spiro atoms. The van der Waals surface area contributed by atoms with E-state index in [0.29, 0.717) is 4.47 Å². The highest BCUT2D eigenvalue weighted by molar-refractivity contribution is 9.10. The number of methoxy groups -OCH3 is 1. The molecule has 1 aromatic carbocycles. The highest BCUT2D eigenvalue weighted by atomic mass is 79.9. The molecule has 0 bridgehead atoms. The average Bonchev–Trinajstić information content (AvgIpc) is 2.80. The van der Waals surface area contributed by atoms with Gasteiger partial charge >= 0.3 is 6.01 Å². The zero-order valence-electron chi connectivity index (χ0n) is 9.20. The molecule has 0 aliphatic carbocycles. The highest BCUT2D eigenvalue weighted by Crippen LogP contribution is 2.17. The maximum absolute atomic E-state index is 13.3. The van der Waals surface area contributed by atoms with Crippen molar-refractivity contribution >= 4 is 27.8 Å². The lowest BCUT2D eigenvalue weighted by atomic mass is 10.2. The monoisotopic (exact) mass is 314 g/mol. The molecule has 8 heteroatoms. The van der Waals surface area contributed by atoms with E-state index in [1.54, 1.807) is 0 Å². The summed E-state index contributed by atoms with van der Waals surface area (Å²) in [7, 11) is 1.40. The Morgan fingerprint density at radius 2 is 2.33 bits per heavy atom. The molecule has 94 valence electrons. The van der Waals surface area contributed by atoms with Crippen LogP contribution in [-0.2, 0) is 0 Å². The molecule has 1 heterocycles. The van der Waals surface area contributed by atoms with Gasteiger partial charge in [0.2, 0.25) is 5.95 Å². The summed E-state index contributed by atoms with van der Waals surface area (Å²) in [5.74, 6) is -0.891. The average molecular weight is 315 g/mol. The van der Waals surface area contributed by atoms with Gasteiger partial charge in [0.1, 0.15) is 5.82 Å². The molecule has 1 aromatic heterocycles. The molecule has 0 saturated heterocycles. The SMILES string of the molecule is COc1n[nH]c(NC(=O)c2ccc(Br)c(F)c2)n1. The van der Waals surface area contributed by atoms with Crippen molar-refractivity contribution in [3.63, 3.8) is 0 Å². The normalized spacial score (nSPS) is 10.2. The number of benzene rings is 1. The Morgan fingerprint density at radius 1 is 1.56 bits per heavy atom. The standard InChI is InChI=1S/C10H8BrFN4O2/c1-18-10-14-9(15-16-10)13-8(17)5-2-3-6(11)7(12)4-5/h2-4H,1H3,(H2,13,14,15,16,17). The summed E-state index contributed by atoms with van der Waals surface area (Å²) in [6.45, 7) is 0. The molecule has 2 N–H and O–H groups in total. The van der Waals surface area contributed by atoms with Gasteiger partial charge in [-0.2, -0.15) is 4.98 Å². The van der Waals surface area contributed by atoms with E-state index < -0.39 is 11.7 Å². The van der Waals surface area contributed by atoms with Gasteiger partial charge < -0.3 is 4.74 Å². The van der Waals surface area contributed by atoms with Crippen molar-refractivity contribution in [1.29, 1.82) is 0 Å². The Kier molecular flexibility index (Phi) is 3.56. The predicted molar refractivity (Wildman–Crippen MR) is 65.0 cm³/mol. The van der Waals surface area contributed by atoms with E-state index >= 15 is 0 Å². The number of aromatic amines is 1. The van der Waals surface area contributed by atoms with Crippen LogP contribution in [0.5, 0.6) is 6.01 Å². The smallest absolute Gasteiger partial charge is 0.336 e. The molecule has 0 radical (unpaired) electrons. The molecule has 0 saturated carbocycles. The van der Waals surface area contributed by atoms with Crippen molar-refractivity contribution < 1.29 is 13.9 Å². The van der Waals surface area contributed by atoms with Crippen LogP contribution in [0, 0.1) is 5.82 Å². The quantitative estimate of drug-likeness (QED) is 0.907. The minimum Gasteiger partial charge on any atom is -0.466 e. The highest BCUT2D eigenvalue weighted by Gasteiger charge is 2.11. The fourth-order valence-corrected chi connectivity index (χ4v) is 1.46. The van der Waals surface area contributed by atoms with E-state index in [-0.39, 0.29) is 17.5 Å². The molecule has 0 fully saturated rings. The van der Waals surface area contributed by atoms with Gasteiger partial charge in [-0.3, -0.25) is 10.1 Å². The van der Waals surface area contributed by atoms with Gasteiger partial charge in [0.15, 0.2) is 0 Å². The number of ether oxygens (including phenoxy) is 1. The van der Waals surface area contributed by atoms with E-state index in [1.165, 1.54) is 19.2 Å². The third-order valence-corrected chi connectivity index (χ3v) is 2.70. The Labute approximate surface area is 110 Å². The molecule has 18 heavy (non-hydrogen) atoms. The number of nitrogens with one attached hydrogen (secondary N) is 2. The van der Waals surface area contributed by atoms with Crippen LogP contribution in [0.4, 0.5) is 10.3 Å². The number of hydrogen-bond donors (Lipinski definition) is 2. The Morgan fingerprint density at radius 3 is 2.94 bits per heavy atom. The molecule has 6 nitrogen and oxygen atoms in total. The van der Waals surface area contributed by atoms with Crippen LogP contribution in [-0.4, -0.2) is 28.2 Å². The van der Waals surface area contributed by atoms with Gasteiger partial charge in [-0.05, 0) is 34.1 Å². The molecule has 0 aliphatic rings. The minimum absolute atomic E-state index is 0.104. The van der Waals surface area contributed by atoms with Gasteiger partial charge in [-0.25, -0.2) is 9.49 Å². The summed E-state index contributed by atoms with van der Waals surface area (Å²) >= 11 is 3.01. The second-order valence-corrected chi connectivity index (χ2v) is 4.11. The van der Waals surface area contributed by atoms with E-state index in [0.717, 1.165) is 6.07 Å². The first-order valence-corrected chi connectivity index (χ1v) is 5.62. The maximum Gasteiger partial charge on any atom is 0.336 e. The number of nitrogens with zero attached hydrogens (tertiary/aromatic N) is 2. The van der Waals surface area contributed by atoms with Crippen LogP contribution >= 0.6 is 15.9 Å². The first-order valence-electron chi connectivity index (χ1n) is 4.83. The summed E-state index contributed by atoms with van der Waals surface area (Å²) in [4.78, 5) is 15.6. The number of anilines is 1. The number of carbonyl (C=O) groups excluding carboxylic acids is 1. The van der Waals surface area contributed by atoms with Crippen molar-refractivity contribution in [2.75, 3.05) is 12.4 Å². The summed E-state index contributed by atoms with van der Waals surface area (Å²) in [6, 6.07) is 4.15. The van der Waals surface area contributed by atoms with E-state index in [2.05, 4.69) is 36.4 Å². The van der Waals surface area contributed by atoms with Gasteiger partial charge in [0.05, 0.1) is 11.6 Å². The summed E-state index contributed by atoms with van der Waals surface area (Å²) in [5.41, 5.74) is 0.172. The first kappa shape index (κ1) is 12.5. The molecule has 1 amide bonds. The second-order valence-electron chi connectivity index (χ2n) is 3.25. The molecular formula is C10H8BrFN4O2. The van der Waals surface area contributed by atoms with E-state index in [4.69, 9.17) is 4.74 Å². The zero-order valence-corrected chi connectivity index (χ0v) is 10.8. The Bertz CT molecular complexity index is 587. The number of H-pyrrole nitrogens is 1. The number of hydrogen-bond acceptors (Lipinski definition) is 4. The van der Waals surface area contributed by atoms with Crippen molar-refractivity contribution in [1.82, 2.24) is 15.2 Å². The largest absolute Gasteiger partial charge is 0.466 e. The number of halogens is 2. The molecule has 0 atom stereocenters. The van der Waals surface area contributed by atoms with Crippen molar-refractivity contribution in [2.45, 2.75) is 0 Å². The van der Waals surface area contributed by atoms with Crippen LogP contribution in [0.2, 0.25) is 0 Å². The van der Waals surface area contributed by atoms with E-state index in [9.17, 15) is 9.18 Å². The summed E-state index contributed by atoms with van der Waals surface area (Å²) in [6.07, 6.45) is 0. The van der Waals surface area contributed by atoms with Gasteiger partial charge in [-0.1, -0.05) is 0 Å². The fourth-order valence-electron chi connectivity index (χ4n) is 1.21. The van der Waals surface area contributed by atoms with E-state index in [1.807, 2.05) is 0 Å². The predicted octanol–water partition coefficient (Wildman–Crippen LogP) is 1.97. The van der Waals surface area contributed by atoms with Crippen molar-refractivity contribution in [2.24, 2.45) is 0 Å². The van der Waals surface area contributed by atoms with Crippen molar-refractivity contribution in [3.05, 3.63) is 34.1 Å². The lowest BCUT2D eigenvalue weighted by molar-refractivity contribution is 0.102. The van der Waals surface area contributed by atoms with Crippen LogP contribution in [0.3, 0.4) is 0 Å². The topological polar surface area (TPSA) is 79.9 Å². The van der Waals surface area contributed by atoms with Gasteiger partial charge in [-0.15, -0.1) is 5.10 Å². The molecule has 0 aliphatic heterocycles. The second kappa shape index (κ2) is 5.13.